The van der Waals surface area contributed by atoms with Crippen LogP contribution in [0.3, 0.4) is 0 Å². The molecular weight excluding hydrogens is 280 g/mol. The van der Waals surface area contributed by atoms with Crippen LogP contribution in [0.15, 0.2) is 30.3 Å². The third kappa shape index (κ3) is 8.14. The number of nitrogens with two attached hydrogens (primary N) is 1. The molecule has 0 bridgehead atoms. The second-order valence-corrected chi connectivity index (χ2v) is 5.55. The van der Waals surface area contributed by atoms with Gasteiger partial charge in [0.25, 0.3) is 0 Å². The van der Waals surface area contributed by atoms with Crippen molar-refractivity contribution in [1.29, 1.82) is 0 Å². The maximum Gasteiger partial charge on any atom is 0.232 e. The van der Waals surface area contributed by atoms with E-state index >= 15 is 0 Å². The van der Waals surface area contributed by atoms with Crippen molar-refractivity contribution in [3.63, 3.8) is 0 Å². The van der Waals surface area contributed by atoms with Crippen LogP contribution in [0.5, 0.6) is 0 Å². The number of thioether (sulfide) groups is 1. The molecule has 0 spiro atoms. The van der Waals surface area contributed by atoms with Gasteiger partial charge in [0.1, 0.15) is 0 Å². The molecule has 1 atom stereocenters. The molecule has 0 heterocycles. The SMILES string of the molecule is CC(SCc1ccccc1)C(=O)NCCCCN.Cl. The van der Waals surface area contributed by atoms with Crippen LogP contribution in [0, 0.1) is 0 Å². The highest BCUT2D eigenvalue weighted by atomic mass is 35.5. The van der Waals surface area contributed by atoms with E-state index in [1.54, 1.807) is 11.8 Å². The summed E-state index contributed by atoms with van der Waals surface area (Å²) in [6.07, 6.45) is 1.92. The summed E-state index contributed by atoms with van der Waals surface area (Å²) in [5.41, 5.74) is 6.66. The number of hydrogen-bond acceptors (Lipinski definition) is 3. The minimum atomic E-state index is -0.0110. The average Bonchev–Trinajstić information content (AvgIpc) is 2.42. The number of unbranched alkanes of at least 4 members (excludes halogenated alkanes) is 1. The number of halogens is 1. The zero-order valence-electron chi connectivity index (χ0n) is 11.3. The predicted molar refractivity (Wildman–Crippen MR) is 85.7 cm³/mol. The number of carbonyl (C=O) groups is 1. The summed E-state index contributed by atoms with van der Waals surface area (Å²) < 4.78 is 0. The molecule has 3 N–H and O–H groups in total. The molecule has 0 aliphatic rings. The second kappa shape index (κ2) is 11.1. The van der Waals surface area contributed by atoms with Gasteiger partial charge in [0.2, 0.25) is 5.91 Å². The average molecular weight is 303 g/mol. The fraction of sp³-hybridized carbons (Fsp3) is 0.500. The van der Waals surface area contributed by atoms with Crippen molar-refractivity contribution in [2.45, 2.75) is 30.8 Å². The smallest absolute Gasteiger partial charge is 0.232 e. The largest absolute Gasteiger partial charge is 0.355 e. The first kappa shape index (κ1) is 18.3. The zero-order valence-corrected chi connectivity index (χ0v) is 12.9. The van der Waals surface area contributed by atoms with Crippen molar-refractivity contribution < 1.29 is 4.79 Å². The van der Waals surface area contributed by atoms with Gasteiger partial charge in [-0.05, 0) is 31.9 Å². The molecule has 1 amide bonds. The Labute approximate surface area is 126 Å². The maximum atomic E-state index is 11.8. The topological polar surface area (TPSA) is 55.1 Å². The zero-order chi connectivity index (χ0) is 13.2. The number of rotatable bonds is 8. The van der Waals surface area contributed by atoms with Gasteiger partial charge in [-0.1, -0.05) is 30.3 Å². The van der Waals surface area contributed by atoms with Gasteiger partial charge in [0.05, 0.1) is 5.25 Å². The van der Waals surface area contributed by atoms with Gasteiger partial charge >= 0.3 is 0 Å². The Morgan fingerprint density at radius 1 is 1.32 bits per heavy atom. The number of nitrogens with one attached hydrogen (secondary N) is 1. The molecular formula is C14H23ClN2OS. The molecule has 0 aliphatic carbocycles. The molecule has 0 radical (unpaired) electrons. The van der Waals surface area contributed by atoms with Crippen molar-refractivity contribution in [2.24, 2.45) is 5.73 Å². The summed E-state index contributed by atoms with van der Waals surface area (Å²) in [5.74, 6) is 0.992. The summed E-state index contributed by atoms with van der Waals surface area (Å²) >= 11 is 1.66. The van der Waals surface area contributed by atoms with Gasteiger partial charge < -0.3 is 11.1 Å². The first-order valence-corrected chi connectivity index (χ1v) is 7.42. The molecule has 3 nitrogen and oxygen atoms in total. The number of hydrogen-bond donors (Lipinski definition) is 2. The molecule has 1 aromatic carbocycles. The van der Waals surface area contributed by atoms with E-state index in [0.29, 0.717) is 6.54 Å². The fourth-order valence-corrected chi connectivity index (χ4v) is 2.37. The van der Waals surface area contributed by atoms with Crippen LogP contribution in [0.4, 0.5) is 0 Å². The lowest BCUT2D eigenvalue weighted by atomic mass is 10.2. The van der Waals surface area contributed by atoms with Crippen LogP contribution in [-0.4, -0.2) is 24.2 Å². The highest BCUT2D eigenvalue weighted by molar-refractivity contribution is 7.99. The van der Waals surface area contributed by atoms with Crippen molar-refractivity contribution >= 4 is 30.1 Å². The number of carbonyl (C=O) groups excluding carboxylic acids is 1. The maximum absolute atomic E-state index is 11.8. The monoisotopic (exact) mass is 302 g/mol. The van der Waals surface area contributed by atoms with Crippen LogP contribution in [0.25, 0.3) is 0 Å². The molecule has 0 saturated heterocycles. The minimum Gasteiger partial charge on any atom is -0.355 e. The van der Waals surface area contributed by atoms with E-state index in [1.165, 1.54) is 5.56 Å². The van der Waals surface area contributed by atoms with Crippen LogP contribution in [0.1, 0.15) is 25.3 Å². The molecule has 0 aromatic heterocycles. The fourth-order valence-electron chi connectivity index (χ4n) is 1.50. The molecule has 0 saturated carbocycles. The third-order valence-corrected chi connectivity index (χ3v) is 3.86. The lowest BCUT2D eigenvalue weighted by molar-refractivity contribution is -0.120. The van der Waals surface area contributed by atoms with Gasteiger partial charge in [-0.3, -0.25) is 4.79 Å². The van der Waals surface area contributed by atoms with Gasteiger partial charge in [-0.15, -0.1) is 24.2 Å². The Morgan fingerprint density at radius 2 is 2.00 bits per heavy atom. The standard InChI is InChI=1S/C14H22N2OS.ClH/c1-12(14(17)16-10-6-5-9-15)18-11-13-7-3-2-4-8-13;/h2-4,7-8,12H,5-6,9-11,15H2,1H3,(H,16,17);1H. The van der Waals surface area contributed by atoms with Crippen LogP contribution in [-0.2, 0) is 10.5 Å². The molecule has 1 unspecified atom stereocenters. The second-order valence-electron chi connectivity index (χ2n) is 4.23. The highest BCUT2D eigenvalue weighted by Crippen LogP contribution is 2.17. The highest BCUT2D eigenvalue weighted by Gasteiger charge is 2.12. The lowest BCUT2D eigenvalue weighted by Gasteiger charge is -2.11. The Morgan fingerprint density at radius 3 is 2.63 bits per heavy atom. The van der Waals surface area contributed by atoms with Gasteiger partial charge in [0, 0.05) is 12.3 Å². The molecule has 0 fully saturated rings. The third-order valence-electron chi connectivity index (χ3n) is 2.64. The Kier molecular flexibility index (Phi) is 10.7. The number of benzene rings is 1. The van der Waals surface area contributed by atoms with Crippen molar-refractivity contribution in [3.8, 4) is 0 Å². The lowest BCUT2D eigenvalue weighted by Crippen LogP contribution is -2.31. The molecule has 19 heavy (non-hydrogen) atoms. The van der Waals surface area contributed by atoms with E-state index in [4.69, 9.17) is 5.73 Å². The van der Waals surface area contributed by atoms with Gasteiger partial charge in [-0.25, -0.2) is 0 Å². The van der Waals surface area contributed by atoms with Crippen molar-refractivity contribution in [1.82, 2.24) is 5.32 Å². The van der Waals surface area contributed by atoms with E-state index < -0.39 is 0 Å². The Balaban J connectivity index is 0.00000324. The van der Waals surface area contributed by atoms with Gasteiger partial charge in [-0.2, -0.15) is 0 Å². The van der Waals surface area contributed by atoms with Crippen LogP contribution in [0.2, 0.25) is 0 Å². The first-order chi connectivity index (χ1) is 8.74. The minimum absolute atomic E-state index is 0. The van der Waals surface area contributed by atoms with Crippen molar-refractivity contribution in [3.05, 3.63) is 35.9 Å². The van der Waals surface area contributed by atoms with E-state index in [9.17, 15) is 4.79 Å². The molecule has 1 rings (SSSR count). The summed E-state index contributed by atoms with van der Waals surface area (Å²) in [4.78, 5) is 11.8. The molecule has 108 valence electrons. The predicted octanol–water partition coefficient (Wildman–Crippen LogP) is 2.59. The van der Waals surface area contributed by atoms with E-state index in [1.807, 2.05) is 25.1 Å². The summed E-state index contributed by atoms with van der Waals surface area (Å²) in [6, 6.07) is 10.2. The quantitative estimate of drug-likeness (QED) is 0.726. The van der Waals surface area contributed by atoms with E-state index in [-0.39, 0.29) is 23.6 Å². The Hall–Kier alpha value is -0.710. The number of amides is 1. The summed E-state index contributed by atoms with van der Waals surface area (Å²) in [6.45, 7) is 3.37. The summed E-state index contributed by atoms with van der Waals surface area (Å²) in [7, 11) is 0. The van der Waals surface area contributed by atoms with Crippen LogP contribution >= 0.6 is 24.2 Å². The molecule has 5 heteroatoms. The van der Waals surface area contributed by atoms with Crippen LogP contribution < -0.4 is 11.1 Å². The molecule has 0 aliphatic heterocycles. The Bertz CT molecular complexity index is 349. The van der Waals surface area contributed by atoms with E-state index in [2.05, 4.69) is 17.4 Å². The van der Waals surface area contributed by atoms with Crippen molar-refractivity contribution in [2.75, 3.05) is 13.1 Å². The van der Waals surface area contributed by atoms with Gasteiger partial charge in [0.15, 0.2) is 0 Å². The normalized spacial score (nSPS) is 11.5. The molecule has 1 aromatic rings. The first-order valence-electron chi connectivity index (χ1n) is 6.37. The summed E-state index contributed by atoms with van der Waals surface area (Å²) in [5, 5.41) is 2.93. The van der Waals surface area contributed by atoms with E-state index in [0.717, 1.165) is 25.1 Å².